The van der Waals surface area contributed by atoms with E-state index in [-0.39, 0.29) is 5.54 Å². The van der Waals surface area contributed by atoms with Crippen molar-refractivity contribution in [1.29, 1.82) is 0 Å². The zero-order chi connectivity index (χ0) is 13.6. The molecule has 1 aliphatic carbocycles. The van der Waals surface area contributed by atoms with E-state index in [2.05, 4.69) is 42.5 Å². The highest BCUT2D eigenvalue weighted by Crippen LogP contribution is 2.32. The Balaban J connectivity index is 1.63. The van der Waals surface area contributed by atoms with Gasteiger partial charge in [-0.05, 0) is 36.1 Å². The summed E-state index contributed by atoms with van der Waals surface area (Å²) in [6.45, 7) is 0. The first-order valence-corrected chi connectivity index (χ1v) is 7.74. The standard InChI is InChI=1S/C17H16N2S/c18-17(9-12-5-1-2-6-13(12)10-17)11-16-19-14-7-3-4-8-15(14)20-16/h1-8H,9-11,18H2. The lowest BCUT2D eigenvalue weighted by Gasteiger charge is -2.22. The van der Waals surface area contributed by atoms with Crippen molar-refractivity contribution in [3.8, 4) is 0 Å². The Bertz CT molecular complexity index is 717. The van der Waals surface area contributed by atoms with Crippen molar-refractivity contribution < 1.29 is 0 Å². The van der Waals surface area contributed by atoms with Crippen LogP contribution < -0.4 is 5.73 Å². The van der Waals surface area contributed by atoms with Crippen LogP contribution in [0.15, 0.2) is 48.5 Å². The molecule has 0 saturated heterocycles. The van der Waals surface area contributed by atoms with Gasteiger partial charge in [0.25, 0.3) is 0 Å². The molecule has 0 amide bonds. The van der Waals surface area contributed by atoms with Gasteiger partial charge in [0.05, 0.1) is 15.2 Å². The third-order valence-corrected chi connectivity index (χ3v) is 5.08. The highest BCUT2D eigenvalue weighted by molar-refractivity contribution is 7.18. The van der Waals surface area contributed by atoms with Crippen molar-refractivity contribution >= 4 is 21.6 Å². The Hall–Kier alpha value is -1.71. The summed E-state index contributed by atoms with van der Waals surface area (Å²) in [7, 11) is 0. The Morgan fingerprint density at radius 1 is 1.00 bits per heavy atom. The number of hydrogen-bond acceptors (Lipinski definition) is 3. The van der Waals surface area contributed by atoms with Crippen molar-refractivity contribution in [1.82, 2.24) is 4.98 Å². The van der Waals surface area contributed by atoms with E-state index < -0.39 is 0 Å². The molecule has 1 aliphatic rings. The van der Waals surface area contributed by atoms with Crippen molar-refractivity contribution in [2.24, 2.45) is 5.73 Å². The second kappa shape index (κ2) is 4.40. The second-order valence-electron chi connectivity index (χ2n) is 5.74. The molecule has 1 aromatic heterocycles. The van der Waals surface area contributed by atoms with Crippen molar-refractivity contribution in [2.75, 3.05) is 0 Å². The number of para-hydroxylation sites is 1. The Kier molecular flexibility index (Phi) is 2.65. The highest BCUT2D eigenvalue weighted by Gasteiger charge is 2.34. The molecule has 0 fully saturated rings. The van der Waals surface area contributed by atoms with E-state index in [9.17, 15) is 0 Å². The van der Waals surface area contributed by atoms with Gasteiger partial charge in [0.15, 0.2) is 0 Å². The first-order valence-electron chi connectivity index (χ1n) is 6.92. The molecule has 0 spiro atoms. The molecule has 0 bridgehead atoms. The number of benzene rings is 2. The fourth-order valence-electron chi connectivity index (χ4n) is 3.15. The summed E-state index contributed by atoms with van der Waals surface area (Å²) in [4.78, 5) is 4.72. The first-order chi connectivity index (χ1) is 9.72. The molecular formula is C17H16N2S. The van der Waals surface area contributed by atoms with Gasteiger partial charge in [-0.3, -0.25) is 0 Å². The van der Waals surface area contributed by atoms with Crippen LogP contribution in [0.25, 0.3) is 10.2 Å². The average molecular weight is 280 g/mol. The summed E-state index contributed by atoms with van der Waals surface area (Å²) in [5.74, 6) is 0. The number of nitrogens with zero attached hydrogens (tertiary/aromatic N) is 1. The zero-order valence-electron chi connectivity index (χ0n) is 11.2. The molecule has 0 unspecified atom stereocenters. The summed E-state index contributed by atoms with van der Waals surface area (Å²) in [6.07, 6.45) is 2.78. The Morgan fingerprint density at radius 2 is 1.65 bits per heavy atom. The van der Waals surface area contributed by atoms with Crippen molar-refractivity contribution in [3.05, 3.63) is 64.7 Å². The minimum Gasteiger partial charge on any atom is -0.324 e. The molecule has 0 saturated carbocycles. The smallest absolute Gasteiger partial charge is 0.0957 e. The fourth-order valence-corrected chi connectivity index (χ4v) is 4.27. The largest absolute Gasteiger partial charge is 0.324 e. The quantitative estimate of drug-likeness (QED) is 0.782. The maximum absolute atomic E-state index is 6.63. The lowest BCUT2D eigenvalue weighted by Crippen LogP contribution is -2.42. The molecule has 1 heterocycles. The second-order valence-corrected chi connectivity index (χ2v) is 6.85. The van der Waals surface area contributed by atoms with Crippen LogP contribution in [0.5, 0.6) is 0 Å². The molecule has 2 nitrogen and oxygen atoms in total. The van der Waals surface area contributed by atoms with Gasteiger partial charge in [0.2, 0.25) is 0 Å². The van der Waals surface area contributed by atoms with Gasteiger partial charge in [-0.15, -0.1) is 11.3 Å². The summed E-state index contributed by atoms with van der Waals surface area (Å²) in [6, 6.07) is 16.9. The molecule has 3 heteroatoms. The fraction of sp³-hybridized carbons (Fsp3) is 0.235. The van der Waals surface area contributed by atoms with Crippen LogP contribution in [0.2, 0.25) is 0 Å². The third-order valence-electron chi connectivity index (χ3n) is 4.04. The van der Waals surface area contributed by atoms with Gasteiger partial charge in [-0.25, -0.2) is 4.98 Å². The molecule has 0 aliphatic heterocycles. The summed E-state index contributed by atoms with van der Waals surface area (Å²) >= 11 is 1.77. The predicted octanol–water partition coefficient (Wildman–Crippen LogP) is 3.34. The highest BCUT2D eigenvalue weighted by atomic mass is 32.1. The molecule has 2 N–H and O–H groups in total. The van der Waals surface area contributed by atoms with E-state index in [4.69, 9.17) is 10.7 Å². The monoisotopic (exact) mass is 280 g/mol. The normalized spacial score (nSPS) is 16.4. The zero-order valence-corrected chi connectivity index (χ0v) is 12.0. The van der Waals surface area contributed by atoms with Crippen LogP contribution in [-0.2, 0) is 19.3 Å². The molecular weight excluding hydrogens is 264 g/mol. The van der Waals surface area contributed by atoms with Crippen LogP contribution in [0.4, 0.5) is 0 Å². The Morgan fingerprint density at radius 3 is 2.35 bits per heavy atom. The molecule has 3 aromatic rings. The number of aromatic nitrogens is 1. The van der Waals surface area contributed by atoms with Crippen LogP contribution in [0, 0.1) is 0 Å². The maximum atomic E-state index is 6.63. The number of rotatable bonds is 2. The summed E-state index contributed by atoms with van der Waals surface area (Å²) in [5, 5.41) is 1.15. The van der Waals surface area contributed by atoms with Crippen molar-refractivity contribution in [2.45, 2.75) is 24.8 Å². The van der Waals surface area contributed by atoms with Crippen LogP contribution in [0.1, 0.15) is 16.1 Å². The van der Waals surface area contributed by atoms with E-state index in [1.165, 1.54) is 15.8 Å². The molecule has 20 heavy (non-hydrogen) atoms. The molecule has 2 aromatic carbocycles. The minimum absolute atomic E-state index is 0.169. The summed E-state index contributed by atoms with van der Waals surface area (Å²) in [5.41, 5.74) is 10.3. The molecule has 0 radical (unpaired) electrons. The van der Waals surface area contributed by atoms with E-state index in [0.29, 0.717) is 0 Å². The van der Waals surface area contributed by atoms with Crippen molar-refractivity contribution in [3.63, 3.8) is 0 Å². The van der Waals surface area contributed by atoms with Gasteiger partial charge in [0, 0.05) is 12.0 Å². The van der Waals surface area contributed by atoms with Gasteiger partial charge in [0.1, 0.15) is 0 Å². The van der Waals surface area contributed by atoms with E-state index in [0.717, 1.165) is 29.8 Å². The number of thiazole rings is 1. The number of fused-ring (bicyclic) bond motifs is 2. The first kappa shape index (κ1) is 12.1. The predicted molar refractivity (Wildman–Crippen MR) is 84.1 cm³/mol. The molecule has 0 atom stereocenters. The third kappa shape index (κ3) is 2.03. The van der Waals surface area contributed by atoms with Gasteiger partial charge in [-0.2, -0.15) is 0 Å². The molecule has 100 valence electrons. The van der Waals surface area contributed by atoms with Gasteiger partial charge in [-0.1, -0.05) is 36.4 Å². The number of nitrogens with two attached hydrogens (primary N) is 1. The molecule has 4 rings (SSSR count). The van der Waals surface area contributed by atoms with E-state index in [1.807, 2.05) is 6.07 Å². The SMILES string of the molecule is NC1(Cc2nc3ccccc3s2)Cc2ccccc2C1. The lowest BCUT2D eigenvalue weighted by molar-refractivity contribution is 0.446. The average Bonchev–Trinajstić information content (AvgIpc) is 2.97. The minimum atomic E-state index is -0.169. The maximum Gasteiger partial charge on any atom is 0.0957 e. The van der Waals surface area contributed by atoms with E-state index in [1.54, 1.807) is 11.3 Å². The van der Waals surface area contributed by atoms with Crippen LogP contribution in [0.3, 0.4) is 0 Å². The van der Waals surface area contributed by atoms with Gasteiger partial charge >= 0.3 is 0 Å². The summed E-state index contributed by atoms with van der Waals surface area (Å²) < 4.78 is 1.25. The van der Waals surface area contributed by atoms with E-state index >= 15 is 0 Å². The van der Waals surface area contributed by atoms with Crippen LogP contribution in [-0.4, -0.2) is 10.5 Å². The van der Waals surface area contributed by atoms with Gasteiger partial charge < -0.3 is 5.73 Å². The lowest BCUT2D eigenvalue weighted by atomic mass is 9.93. The Labute approximate surface area is 122 Å². The number of hydrogen-bond donors (Lipinski definition) is 1. The topological polar surface area (TPSA) is 38.9 Å². The van der Waals surface area contributed by atoms with Crippen LogP contribution >= 0.6 is 11.3 Å².